The second kappa shape index (κ2) is 5.71. The van der Waals surface area contributed by atoms with Crippen molar-refractivity contribution in [2.45, 2.75) is 19.4 Å². The highest BCUT2D eigenvalue weighted by Crippen LogP contribution is 2.27. The highest BCUT2D eigenvalue weighted by atomic mass is 35.5. The van der Waals surface area contributed by atoms with Crippen molar-refractivity contribution < 1.29 is 9.53 Å². The lowest BCUT2D eigenvalue weighted by atomic mass is 9.94. The molecule has 0 aliphatic heterocycles. The summed E-state index contributed by atoms with van der Waals surface area (Å²) in [7, 11) is 1.48. The molecule has 1 rings (SSSR count). The van der Waals surface area contributed by atoms with Gasteiger partial charge in [0.25, 0.3) is 0 Å². The fourth-order valence-corrected chi connectivity index (χ4v) is 2.03. The molecule has 0 bridgehead atoms. The number of ether oxygens (including phenoxy) is 1. The summed E-state index contributed by atoms with van der Waals surface area (Å²) in [4.78, 5) is 11.5. The lowest BCUT2D eigenvalue weighted by Crippen LogP contribution is -2.42. The molecule has 0 unspecified atom stereocenters. The van der Waals surface area contributed by atoms with E-state index in [1.165, 1.54) is 7.11 Å². The first kappa shape index (κ1) is 14.3. The van der Waals surface area contributed by atoms with Crippen molar-refractivity contribution in [2.24, 2.45) is 0 Å². The molecule has 0 fully saturated rings. The summed E-state index contributed by atoms with van der Waals surface area (Å²) in [5, 5.41) is 3.93. The Labute approximate surface area is 111 Å². The van der Waals surface area contributed by atoms with Crippen molar-refractivity contribution in [1.82, 2.24) is 5.32 Å². The first-order valence-electron chi connectivity index (χ1n) is 5.11. The summed E-state index contributed by atoms with van der Waals surface area (Å²) in [6.45, 7) is 3.78. The van der Waals surface area contributed by atoms with E-state index in [0.29, 0.717) is 10.0 Å². The van der Waals surface area contributed by atoms with Crippen molar-refractivity contribution in [1.29, 1.82) is 0 Å². The molecule has 1 N–H and O–H groups in total. The third-order valence-corrected chi connectivity index (χ3v) is 2.75. The number of nitrogens with one attached hydrogen (secondary N) is 1. The Morgan fingerprint density at radius 1 is 1.29 bits per heavy atom. The van der Waals surface area contributed by atoms with Gasteiger partial charge in [0.05, 0.1) is 5.54 Å². The van der Waals surface area contributed by atoms with Crippen LogP contribution in [0.15, 0.2) is 18.2 Å². The molecule has 0 saturated heterocycles. The standard InChI is InChI=1S/C12H15Cl2NO2/c1-12(2,15-11(16)7-17-3)8-4-9(13)6-10(14)5-8/h4-6H,7H2,1-3H3,(H,15,16). The third-order valence-electron chi connectivity index (χ3n) is 2.31. The van der Waals surface area contributed by atoms with Crippen LogP contribution in [0.2, 0.25) is 10.0 Å². The summed E-state index contributed by atoms with van der Waals surface area (Å²) >= 11 is 11.9. The average molecular weight is 276 g/mol. The molecule has 1 aromatic carbocycles. The molecule has 3 nitrogen and oxygen atoms in total. The Morgan fingerprint density at radius 2 is 1.82 bits per heavy atom. The summed E-state index contributed by atoms with van der Waals surface area (Å²) in [6, 6.07) is 5.21. The first-order chi connectivity index (χ1) is 7.85. The van der Waals surface area contributed by atoms with Crippen molar-refractivity contribution >= 4 is 29.1 Å². The number of carbonyl (C=O) groups excluding carboxylic acids is 1. The number of amides is 1. The van der Waals surface area contributed by atoms with Gasteiger partial charge in [0.2, 0.25) is 5.91 Å². The van der Waals surface area contributed by atoms with Gasteiger partial charge in [0.15, 0.2) is 0 Å². The van der Waals surface area contributed by atoms with Crippen LogP contribution in [0.1, 0.15) is 19.4 Å². The Bertz CT molecular complexity index is 399. The lowest BCUT2D eigenvalue weighted by molar-refractivity contribution is -0.126. The minimum atomic E-state index is -0.551. The topological polar surface area (TPSA) is 38.3 Å². The van der Waals surface area contributed by atoms with Gasteiger partial charge in [-0.2, -0.15) is 0 Å². The second-order valence-electron chi connectivity index (χ2n) is 4.26. The summed E-state index contributed by atoms with van der Waals surface area (Å²) < 4.78 is 4.77. The van der Waals surface area contributed by atoms with Crippen molar-refractivity contribution in [3.63, 3.8) is 0 Å². The molecule has 94 valence electrons. The number of hydrogen-bond acceptors (Lipinski definition) is 2. The number of halogens is 2. The number of rotatable bonds is 4. The molecule has 5 heteroatoms. The zero-order valence-corrected chi connectivity index (χ0v) is 11.5. The van der Waals surface area contributed by atoms with Gasteiger partial charge in [-0.25, -0.2) is 0 Å². The van der Waals surface area contributed by atoms with Gasteiger partial charge < -0.3 is 10.1 Å². The monoisotopic (exact) mass is 275 g/mol. The van der Waals surface area contributed by atoms with Crippen LogP contribution in [-0.2, 0) is 15.1 Å². The van der Waals surface area contributed by atoms with E-state index in [1.807, 2.05) is 13.8 Å². The Balaban J connectivity index is 2.92. The average Bonchev–Trinajstić information content (AvgIpc) is 2.15. The quantitative estimate of drug-likeness (QED) is 0.918. The van der Waals surface area contributed by atoms with Gasteiger partial charge in [0, 0.05) is 17.2 Å². The molecule has 17 heavy (non-hydrogen) atoms. The number of methoxy groups -OCH3 is 1. The minimum Gasteiger partial charge on any atom is -0.375 e. The highest BCUT2D eigenvalue weighted by Gasteiger charge is 2.23. The van der Waals surface area contributed by atoms with Gasteiger partial charge in [0.1, 0.15) is 6.61 Å². The van der Waals surface area contributed by atoms with E-state index in [1.54, 1.807) is 18.2 Å². The van der Waals surface area contributed by atoms with E-state index in [-0.39, 0.29) is 12.5 Å². The van der Waals surface area contributed by atoms with Crippen LogP contribution >= 0.6 is 23.2 Å². The molecular formula is C12H15Cl2NO2. The van der Waals surface area contributed by atoms with Gasteiger partial charge in [-0.15, -0.1) is 0 Å². The van der Waals surface area contributed by atoms with Crippen LogP contribution in [0.3, 0.4) is 0 Å². The van der Waals surface area contributed by atoms with E-state index in [9.17, 15) is 4.79 Å². The zero-order chi connectivity index (χ0) is 13.1. The predicted octanol–water partition coefficient (Wildman–Crippen LogP) is 2.99. The molecular weight excluding hydrogens is 261 g/mol. The number of hydrogen-bond donors (Lipinski definition) is 1. The van der Waals surface area contributed by atoms with Crippen molar-refractivity contribution in [2.75, 3.05) is 13.7 Å². The van der Waals surface area contributed by atoms with Gasteiger partial charge in [-0.3, -0.25) is 4.79 Å². The maximum Gasteiger partial charge on any atom is 0.246 e. The van der Waals surface area contributed by atoms with Gasteiger partial charge >= 0.3 is 0 Å². The maximum atomic E-state index is 11.5. The molecule has 0 saturated carbocycles. The fraction of sp³-hybridized carbons (Fsp3) is 0.417. The Morgan fingerprint density at radius 3 is 2.29 bits per heavy atom. The summed E-state index contributed by atoms with van der Waals surface area (Å²) in [5.41, 5.74) is 0.295. The highest BCUT2D eigenvalue weighted by molar-refractivity contribution is 6.34. The molecule has 0 spiro atoms. The van der Waals surface area contributed by atoms with E-state index in [4.69, 9.17) is 27.9 Å². The van der Waals surface area contributed by atoms with E-state index < -0.39 is 5.54 Å². The summed E-state index contributed by atoms with van der Waals surface area (Å²) in [6.07, 6.45) is 0. The Hall–Kier alpha value is -0.770. The van der Waals surface area contributed by atoms with Crippen molar-refractivity contribution in [3.8, 4) is 0 Å². The van der Waals surface area contributed by atoms with Crippen LogP contribution in [0.5, 0.6) is 0 Å². The first-order valence-corrected chi connectivity index (χ1v) is 5.87. The van der Waals surface area contributed by atoms with E-state index >= 15 is 0 Å². The van der Waals surface area contributed by atoms with Crippen LogP contribution in [0, 0.1) is 0 Å². The fourth-order valence-electron chi connectivity index (χ4n) is 1.50. The number of carbonyl (C=O) groups is 1. The lowest BCUT2D eigenvalue weighted by Gasteiger charge is -2.27. The van der Waals surface area contributed by atoms with Crippen LogP contribution in [0.4, 0.5) is 0 Å². The molecule has 0 aliphatic rings. The molecule has 0 radical (unpaired) electrons. The normalized spacial score (nSPS) is 11.4. The molecule has 0 aliphatic carbocycles. The van der Waals surface area contributed by atoms with Crippen LogP contribution in [-0.4, -0.2) is 19.6 Å². The zero-order valence-electron chi connectivity index (χ0n) is 10.0. The largest absolute Gasteiger partial charge is 0.375 e. The third kappa shape index (κ3) is 4.19. The van der Waals surface area contributed by atoms with Gasteiger partial charge in [-0.1, -0.05) is 23.2 Å². The summed E-state index contributed by atoms with van der Waals surface area (Å²) in [5.74, 6) is -0.186. The van der Waals surface area contributed by atoms with Crippen LogP contribution < -0.4 is 5.32 Å². The second-order valence-corrected chi connectivity index (χ2v) is 5.14. The SMILES string of the molecule is COCC(=O)NC(C)(C)c1cc(Cl)cc(Cl)c1. The van der Waals surface area contributed by atoms with E-state index in [0.717, 1.165) is 5.56 Å². The minimum absolute atomic E-state index is 0.0255. The number of benzene rings is 1. The van der Waals surface area contributed by atoms with Crippen LogP contribution in [0.25, 0.3) is 0 Å². The molecule has 0 aromatic heterocycles. The molecule has 1 amide bonds. The smallest absolute Gasteiger partial charge is 0.246 e. The molecule has 0 heterocycles. The van der Waals surface area contributed by atoms with Crippen molar-refractivity contribution in [3.05, 3.63) is 33.8 Å². The predicted molar refractivity (Wildman–Crippen MR) is 69.5 cm³/mol. The molecule has 1 aromatic rings. The van der Waals surface area contributed by atoms with E-state index in [2.05, 4.69) is 5.32 Å². The Kier molecular flexibility index (Phi) is 4.80. The van der Waals surface area contributed by atoms with Gasteiger partial charge in [-0.05, 0) is 37.6 Å². The molecule has 0 atom stereocenters. The maximum absolute atomic E-state index is 11.5.